The highest BCUT2D eigenvalue weighted by atomic mass is 19.4. The van der Waals surface area contributed by atoms with Gasteiger partial charge >= 0.3 is 12.3 Å². The second kappa shape index (κ2) is 8.49. The fourth-order valence-corrected chi connectivity index (χ4v) is 4.92. The minimum atomic E-state index is -4.26. The van der Waals surface area contributed by atoms with Gasteiger partial charge in [-0.25, -0.2) is 14.5 Å². The van der Waals surface area contributed by atoms with Crippen LogP contribution in [0.25, 0.3) is 11.4 Å². The Morgan fingerprint density at radius 3 is 2.51 bits per heavy atom. The van der Waals surface area contributed by atoms with Crippen LogP contribution in [0.15, 0.2) is 36.7 Å². The van der Waals surface area contributed by atoms with Crippen molar-refractivity contribution in [2.24, 2.45) is 12.5 Å². The summed E-state index contributed by atoms with van der Waals surface area (Å²) in [6.07, 6.45) is -3.88. The topological polar surface area (TPSA) is 124 Å². The molecule has 14 heteroatoms. The lowest BCUT2D eigenvalue weighted by Crippen LogP contribution is -2.78. The van der Waals surface area contributed by atoms with E-state index in [2.05, 4.69) is 30.9 Å². The van der Waals surface area contributed by atoms with Gasteiger partial charge in [-0.15, -0.1) is 5.10 Å². The number of carbonyl (C=O) groups is 2. The second-order valence-corrected chi connectivity index (χ2v) is 9.44. The van der Waals surface area contributed by atoms with E-state index in [9.17, 15) is 27.2 Å². The number of nitrogens with one attached hydrogen (secondary N) is 2. The summed E-state index contributed by atoms with van der Waals surface area (Å²) in [5, 5.41) is 13.1. The summed E-state index contributed by atoms with van der Waals surface area (Å²) < 4.78 is 59.5. The number of rotatable bonds is 6. The van der Waals surface area contributed by atoms with Crippen molar-refractivity contribution in [3.05, 3.63) is 53.7 Å². The molecule has 37 heavy (non-hydrogen) atoms. The lowest BCUT2D eigenvalue weighted by Gasteiger charge is -2.70. The fourth-order valence-electron chi connectivity index (χ4n) is 4.92. The van der Waals surface area contributed by atoms with Gasteiger partial charge in [-0.05, 0) is 50.5 Å². The number of carbonyl (C=O) groups excluding carboxylic acids is 2. The molecular formula is C23H21F4N7O3. The summed E-state index contributed by atoms with van der Waals surface area (Å²) in [5.41, 5.74) is -1.76. The van der Waals surface area contributed by atoms with Gasteiger partial charge < -0.3 is 10.1 Å². The number of halogens is 4. The molecule has 0 spiro atoms. The summed E-state index contributed by atoms with van der Waals surface area (Å²) in [4.78, 5) is 32.8. The summed E-state index contributed by atoms with van der Waals surface area (Å²) in [7, 11) is 1.52. The largest absolute Gasteiger partial charge is 0.441 e. The fraction of sp³-hybridized carbons (Fsp3) is 0.391. The molecule has 3 aromatic heterocycles. The third-order valence-electron chi connectivity index (χ3n) is 6.84. The first-order valence-electron chi connectivity index (χ1n) is 11.3. The van der Waals surface area contributed by atoms with Crippen molar-refractivity contribution in [1.29, 1.82) is 0 Å². The maximum atomic E-state index is 13.9. The predicted molar refractivity (Wildman–Crippen MR) is 119 cm³/mol. The van der Waals surface area contributed by atoms with Crippen LogP contribution in [-0.4, -0.2) is 48.7 Å². The summed E-state index contributed by atoms with van der Waals surface area (Å²) >= 11 is 0. The van der Waals surface area contributed by atoms with E-state index in [1.54, 1.807) is 0 Å². The van der Waals surface area contributed by atoms with Gasteiger partial charge in [0, 0.05) is 30.5 Å². The van der Waals surface area contributed by atoms with Crippen molar-refractivity contribution >= 4 is 17.8 Å². The zero-order chi connectivity index (χ0) is 26.6. The molecule has 1 atom stereocenters. The Bertz CT molecular complexity index is 1350. The van der Waals surface area contributed by atoms with Crippen molar-refractivity contribution in [3.63, 3.8) is 0 Å². The van der Waals surface area contributed by atoms with E-state index < -0.39 is 41.2 Å². The van der Waals surface area contributed by atoms with Crippen molar-refractivity contribution in [2.75, 3.05) is 5.32 Å². The monoisotopic (exact) mass is 519 g/mol. The third kappa shape index (κ3) is 4.25. The molecule has 2 bridgehead atoms. The molecule has 2 amide bonds. The van der Waals surface area contributed by atoms with E-state index in [1.165, 1.54) is 55.3 Å². The molecule has 3 aliphatic carbocycles. The molecule has 3 heterocycles. The van der Waals surface area contributed by atoms with Crippen molar-refractivity contribution < 1.29 is 31.9 Å². The molecule has 2 N–H and O–H groups in total. The molecule has 0 aromatic carbocycles. The smallest absolute Gasteiger partial charge is 0.413 e. The van der Waals surface area contributed by atoms with Crippen molar-refractivity contribution in [3.8, 4) is 11.4 Å². The number of hydrogen-bond donors (Lipinski definition) is 2. The lowest BCUT2D eigenvalue weighted by atomic mass is 9.39. The second-order valence-electron chi connectivity index (χ2n) is 9.44. The maximum Gasteiger partial charge on any atom is 0.413 e. The Morgan fingerprint density at radius 1 is 1.16 bits per heavy atom. The number of alkyl halides is 3. The van der Waals surface area contributed by atoms with Crippen molar-refractivity contribution in [1.82, 2.24) is 30.3 Å². The minimum Gasteiger partial charge on any atom is -0.441 e. The Morgan fingerprint density at radius 2 is 1.89 bits per heavy atom. The van der Waals surface area contributed by atoms with Gasteiger partial charge in [-0.3, -0.25) is 15.1 Å². The van der Waals surface area contributed by atoms with Crippen molar-refractivity contribution in [2.45, 2.75) is 44.0 Å². The summed E-state index contributed by atoms with van der Waals surface area (Å²) in [5.74, 6) is -1.14. The van der Waals surface area contributed by atoms with Gasteiger partial charge in [0.25, 0.3) is 5.91 Å². The van der Waals surface area contributed by atoms with E-state index in [0.29, 0.717) is 0 Å². The average molecular weight is 519 g/mol. The summed E-state index contributed by atoms with van der Waals surface area (Å²) in [6, 6.07) is 5.89. The molecule has 10 nitrogen and oxygen atoms in total. The molecule has 0 radical (unpaired) electrons. The highest BCUT2D eigenvalue weighted by Gasteiger charge is 2.79. The lowest BCUT2D eigenvalue weighted by molar-refractivity contribution is -0.336. The van der Waals surface area contributed by atoms with E-state index in [1.807, 2.05) is 0 Å². The van der Waals surface area contributed by atoms with E-state index in [4.69, 9.17) is 4.74 Å². The van der Waals surface area contributed by atoms with Crippen LogP contribution in [0.4, 0.5) is 28.2 Å². The molecule has 0 saturated heterocycles. The van der Waals surface area contributed by atoms with Gasteiger partial charge in [0.1, 0.15) is 6.10 Å². The van der Waals surface area contributed by atoms with Crippen LogP contribution in [0.3, 0.4) is 0 Å². The molecule has 3 aliphatic rings. The first kappa shape index (κ1) is 24.6. The van der Waals surface area contributed by atoms with Crippen LogP contribution < -0.4 is 10.6 Å². The number of aryl methyl sites for hydroxylation is 1. The number of pyridine rings is 2. The third-order valence-corrected chi connectivity index (χ3v) is 6.84. The number of hydrogen-bond acceptors (Lipinski definition) is 7. The highest BCUT2D eigenvalue weighted by molar-refractivity contribution is 5.95. The average Bonchev–Trinajstić information content (AvgIpc) is 3.14. The zero-order valence-corrected chi connectivity index (χ0v) is 19.6. The quantitative estimate of drug-likeness (QED) is 0.374. The van der Waals surface area contributed by atoms with Crippen LogP contribution in [0, 0.1) is 11.4 Å². The molecule has 3 aromatic rings. The number of ether oxygens (including phenoxy) is 1. The van der Waals surface area contributed by atoms with Gasteiger partial charge in [0.15, 0.2) is 11.5 Å². The van der Waals surface area contributed by atoms with E-state index in [0.717, 1.165) is 0 Å². The first-order chi connectivity index (χ1) is 17.4. The van der Waals surface area contributed by atoms with E-state index >= 15 is 0 Å². The molecule has 0 aliphatic heterocycles. The van der Waals surface area contributed by atoms with Crippen LogP contribution in [0.5, 0.6) is 0 Å². The number of anilines is 1. The molecule has 3 fully saturated rings. The molecule has 6 rings (SSSR count). The highest BCUT2D eigenvalue weighted by Crippen LogP contribution is 2.73. The number of aromatic nitrogens is 5. The zero-order valence-electron chi connectivity index (χ0n) is 19.6. The Kier molecular flexibility index (Phi) is 5.64. The Hall–Kier alpha value is -4.10. The number of nitrogens with zero attached hydrogens (tertiary/aromatic N) is 5. The molecule has 194 valence electrons. The van der Waals surface area contributed by atoms with Crippen LogP contribution in [-0.2, 0) is 11.8 Å². The Labute approximate surface area is 207 Å². The summed E-state index contributed by atoms with van der Waals surface area (Å²) in [6.45, 7) is 1.49. The molecular weight excluding hydrogens is 498 g/mol. The van der Waals surface area contributed by atoms with Crippen LogP contribution >= 0.6 is 0 Å². The van der Waals surface area contributed by atoms with Gasteiger partial charge in [0.2, 0.25) is 5.95 Å². The normalized spacial score (nSPS) is 22.9. The van der Waals surface area contributed by atoms with Gasteiger partial charge in [-0.2, -0.15) is 17.6 Å². The molecule has 0 unspecified atom stereocenters. The van der Waals surface area contributed by atoms with Gasteiger partial charge in [-0.1, -0.05) is 5.21 Å². The standard InChI is InChI=1S/C23H21F4N7O3/c1-12(14-4-3-7-28-17(14)24)37-20(36)30-18-16(32-33-34(18)2)15-6-5-13(8-29-15)19(35)31-22-9-21(10-22,11-22)23(25,26)27/h3-8,12H,9-11H2,1-2H3,(H,30,36)(H,31,35)/t12-,21?,22?/m1/s1. The number of amides is 2. The van der Waals surface area contributed by atoms with Gasteiger partial charge in [0.05, 0.1) is 16.7 Å². The molecule has 3 saturated carbocycles. The first-order valence-corrected chi connectivity index (χ1v) is 11.3. The maximum absolute atomic E-state index is 13.9. The van der Waals surface area contributed by atoms with Crippen LogP contribution in [0.2, 0.25) is 0 Å². The Balaban J connectivity index is 1.23. The van der Waals surface area contributed by atoms with Crippen LogP contribution in [0.1, 0.15) is 48.2 Å². The SMILES string of the molecule is C[C@@H](OC(=O)Nc1c(-c2ccc(C(=O)NC34CC(C(F)(F)F)(C3)C4)cn2)nnn1C)c1cccnc1F. The van der Waals surface area contributed by atoms with E-state index in [-0.39, 0.29) is 47.6 Å². The predicted octanol–water partition coefficient (Wildman–Crippen LogP) is 3.94. The minimum absolute atomic E-state index is 0.101.